The van der Waals surface area contributed by atoms with E-state index in [0.29, 0.717) is 75.4 Å². The number of hydrogen-bond acceptors (Lipinski definition) is 11. The number of ether oxygens (including phenoxy) is 4. The molecule has 0 aliphatic rings. The van der Waals surface area contributed by atoms with Crippen molar-refractivity contribution in [1.82, 2.24) is 15.0 Å². The minimum atomic E-state index is 0.470. The van der Waals surface area contributed by atoms with Gasteiger partial charge in [-0.3, -0.25) is 0 Å². The van der Waals surface area contributed by atoms with Crippen molar-refractivity contribution in [3.05, 3.63) is 23.8 Å². The average Bonchev–Trinajstić information content (AvgIpc) is 2.84. The molecule has 0 fully saturated rings. The highest BCUT2D eigenvalue weighted by Crippen LogP contribution is 2.27. The number of nitrogens with two attached hydrogens (primary N) is 1. The Kier molecular flexibility index (Phi) is 12.7. The fourth-order valence-corrected chi connectivity index (χ4v) is 2.80. The van der Waals surface area contributed by atoms with Crippen LogP contribution in [0.25, 0.3) is 0 Å². The van der Waals surface area contributed by atoms with Crippen molar-refractivity contribution in [2.45, 2.75) is 26.3 Å². The summed E-state index contributed by atoms with van der Waals surface area (Å²) in [5.41, 5.74) is 6.39. The highest BCUT2D eigenvalue weighted by Gasteiger charge is 2.08. The van der Waals surface area contributed by atoms with Crippen molar-refractivity contribution >= 4 is 17.8 Å². The lowest BCUT2D eigenvalue weighted by Gasteiger charge is -2.13. The first-order valence-corrected chi connectivity index (χ1v) is 11.2. The topological polar surface area (TPSA) is 138 Å². The van der Waals surface area contributed by atoms with Crippen LogP contribution in [0.4, 0.5) is 17.8 Å². The van der Waals surface area contributed by atoms with Crippen molar-refractivity contribution in [1.29, 1.82) is 0 Å². The van der Waals surface area contributed by atoms with E-state index < -0.39 is 0 Å². The monoisotopic (exact) mass is 463 g/mol. The van der Waals surface area contributed by atoms with Crippen molar-refractivity contribution in [2.75, 3.05) is 76.2 Å². The van der Waals surface area contributed by atoms with Crippen LogP contribution < -0.4 is 31.2 Å². The zero-order chi connectivity index (χ0) is 23.7. The molecule has 11 nitrogen and oxygen atoms in total. The molecule has 0 aliphatic heterocycles. The van der Waals surface area contributed by atoms with Crippen LogP contribution in [-0.4, -0.2) is 75.2 Å². The van der Waals surface area contributed by atoms with Crippen molar-refractivity contribution in [2.24, 2.45) is 5.73 Å². The molecule has 2 aromatic rings. The van der Waals surface area contributed by atoms with Gasteiger partial charge in [-0.25, -0.2) is 0 Å². The molecule has 1 aromatic carbocycles. The van der Waals surface area contributed by atoms with Crippen LogP contribution in [0.5, 0.6) is 11.5 Å². The number of rotatable bonds is 18. The summed E-state index contributed by atoms with van der Waals surface area (Å²) in [6.45, 7) is 6.61. The van der Waals surface area contributed by atoms with Gasteiger partial charge >= 0.3 is 0 Å². The van der Waals surface area contributed by atoms with E-state index in [1.54, 1.807) is 14.2 Å². The smallest absolute Gasteiger partial charge is 0.229 e. The van der Waals surface area contributed by atoms with E-state index in [0.717, 1.165) is 24.9 Å². The van der Waals surface area contributed by atoms with Gasteiger partial charge in [-0.1, -0.05) is 19.4 Å². The lowest BCUT2D eigenvalue weighted by atomic mass is 10.2. The molecule has 11 heteroatoms. The summed E-state index contributed by atoms with van der Waals surface area (Å²) < 4.78 is 21.5. The maximum absolute atomic E-state index is 5.54. The molecule has 0 unspecified atom stereocenters. The molecule has 0 radical (unpaired) electrons. The maximum atomic E-state index is 5.54. The average molecular weight is 464 g/mol. The Hall–Kier alpha value is -2.89. The molecule has 5 N–H and O–H groups in total. The number of hydrogen-bond donors (Lipinski definition) is 4. The number of aromatic nitrogens is 3. The highest BCUT2D eigenvalue weighted by molar-refractivity contribution is 5.45. The van der Waals surface area contributed by atoms with E-state index in [4.69, 9.17) is 24.7 Å². The SMILES string of the molecule is CCCCNc1nc(NCCOCCOCCN)nc(NCc2ccc(OC)c(OC)c2)n1. The number of nitrogens with one attached hydrogen (secondary N) is 3. The van der Waals surface area contributed by atoms with Crippen molar-refractivity contribution in [3.63, 3.8) is 0 Å². The molecule has 0 saturated heterocycles. The molecule has 0 aliphatic carbocycles. The van der Waals surface area contributed by atoms with Crippen LogP contribution in [0.2, 0.25) is 0 Å². The number of anilines is 3. The first-order valence-electron chi connectivity index (χ1n) is 11.2. The number of methoxy groups -OCH3 is 2. The Labute approximate surface area is 195 Å². The molecule has 33 heavy (non-hydrogen) atoms. The Balaban J connectivity index is 1.94. The van der Waals surface area contributed by atoms with Crippen molar-refractivity contribution < 1.29 is 18.9 Å². The Morgan fingerprint density at radius 3 is 2.06 bits per heavy atom. The molecule has 1 heterocycles. The fourth-order valence-electron chi connectivity index (χ4n) is 2.80. The van der Waals surface area contributed by atoms with Crippen LogP contribution in [0, 0.1) is 0 Å². The minimum Gasteiger partial charge on any atom is -0.493 e. The predicted molar refractivity (Wildman–Crippen MR) is 129 cm³/mol. The maximum Gasteiger partial charge on any atom is 0.229 e. The van der Waals surface area contributed by atoms with E-state index in [1.165, 1.54) is 0 Å². The first-order chi connectivity index (χ1) is 16.2. The third kappa shape index (κ3) is 10.1. The predicted octanol–water partition coefficient (Wildman–Crippen LogP) is 2.12. The first kappa shape index (κ1) is 26.4. The number of unbranched alkanes of at least 4 members (excludes halogenated alkanes) is 1. The quantitative estimate of drug-likeness (QED) is 0.242. The summed E-state index contributed by atoms with van der Waals surface area (Å²) in [7, 11) is 3.23. The van der Waals surface area contributed by atoms with Gasteiger partial charge in [-0.2, -0.15) is 15.0 Å². The lowest BCUT2D eigenvalue weighted by molar-refractivity contribution is 0.0547. The fraction of sp³-hybridized carbons (Fsp3) is 0.591. The van der Waals surface area contributed by atoms with E-state index in [1.807, 2.05) is 18.2 Å². The minimum absolute atomic E-state index is 0.470. The lowest BCUT2D eigenvalue weighted by Crippen LogP contribution is -2.17. The Morgan fingerprint density at radius 1 is 0.788 bits per heavy atom. The molecule has 0 bridgehead atoms. The van der Waals surface area contributed by atoms with Gasteiger partial charge in [0.15, 0.2) is 11.5 Å². The van der Waals surface area contributed by atoms with Gasteiger partial charge in [0.05, 0.1) is 40.6 Å². The van der Waals surface area contributed by atoms with Crippen LogP contribution in [-0.2, 0) is 16.0 Å². The van der Waals surface area contributed by atoms with Gasteiger partial charge in [0.2, 0.25) is 17.8 Å². The van der Waals surface area contributed by atoms with Gasteiger partial charge in [0, 0.05) is 26.2 Å². The molecule has 0 spiro atoms. The Bertz CT molecular complexity index is 810. The van der Waals surface area contributed by atoms with Crippen LogP contribution in [0.1, 0.15) is 25.3 Å². The summed E-state index contributed by atoms with van der Waals surface area (Å²) in [6.07, 6.45) is 2.11. The molecular weight excluding hydrogens is 426 g/mol. The van der Waals surface area contributed by atoms with E-state index in [2.05, 4.69) is 37.8 Å². The normalized spacial score (nSPS) is 10.7. The number of benzene rings is 1. The second-order valence-electron chi connectivity index (χ2n) is 7.07. The third-order valence-corrected chi connectivity index (χ3v) is 4.51. The van der Waals surface area contributed by atoms with Gasteiger partial charge in [0.1, 0.15) is 0 Å². The molecular formula is C22H37N7O4. The number of nitrogens with zero attached hydrogens (tertiary/aromatic N) is 3. The van der Waals surface area contributed by atoms with Gasteiger partial charge < -0.3 is 40.6 Å². The summed E-state index contributed by atoms with van der Waals surface area (Å²) in [5, 5.41) is 9.69. The Morgan fingerprint density at radius 2 is 1.42 bits per heavy atom. The van der Waals surface area contributed by atoms with Crippen molar-refractivity contribution in [3.8, 4) is 11.5 Å². The summed E-state index contributed by atoms with van der Waals surface area (Å²) >= 11 is 0. The second-order valence-corrected chi connectivity index (χ2v) is 7.07. The van der Waals surface area contributed by atoms with Crippen LogP contribution >= 0.6 is 0 Å². The molecule has 184 valence electrons. The van der Waals surface area contributed by atoms with Gasteiger partial charge in [-0.15, -0.1) is 0 Å². The third-order valence-electron chi connectivity index (χ3n) is 4.51. The zero-order valence-electron chi connectivity index (χ0n) is 19.9. The summed E-state index contributed by atoms with van der Waals surface area (Å²) in [4.78, 5) is 13.4. The van der Waals surface area contributed by atoms with E-state index in [-0.39, 0.29) is 0 Å². The second kappa shape index (κ2) is 15.8. The van der Waals surface area contributed by atoms with Crippen LogP contribution in [0.15, 0.2) is 18.2 Å². The molecule has 0 atom stereocenters. The molecule has 2 rings (SSSR count). The largest absolute Gasteiger partial charge is 0.493 e. The molecule has 0 saturated carbocycles. The van der Waals surface area contributed by atoms with Gasteiger partial charge in [0.25, 0.3) is 0 Å². The zero-order valence-corrected chi connectivity index (χ0v) is 19.9. The molecule has 0 amide bonds. The molecule has 1 aromatic heterocycles. The highest BCUT2D eigenvalue weighted by atomic mass is 16.5. The summed E-state index contributed by atoms with van der Waals surface area (Å²) in [5.74, 6) is 2.82. The standard InChI is InChI=1S/C22H37N7O4/c1-4-5-9-24-20-27-21(25-10-12-33-14-13-32-11-8-23)29-22(28-20)26-16-17-6-7-18(30-2)19(15-17)31-3/h6-7,15H,4-5,8-14,16,23H2,1-3H3,(H3,24,25,26,27,28,29). The summed E-state index contributed by atoms with van der Waals surface area (Å²) in [6, 6.07) is 5.75. The van der Waals surface area contributed by atoms with Crippen LogP contribution in [0.3, 0.4) is 0 Å². The van der Waals surface area contributed by atoms with E-state index in [9.17, 15) is 0 Å². The van der Waals surface area contributed by atoms with Gasteiger partial charge in [-0.05, 0) is 24.1 Å². The van der Waals surface area contributed by atoms with E-state index >= 15 is 0 Å².